The molecule has 0 fully saturated rings. The highest BCUT2D eigenvalue weighted by atomic mass is 19.3. The van der Waals surface area contributed by atoms with Crippen LogP contribution in [0.15, 0.2) is 23.2 Å². The largest absolute Gasteiger partial charge is 0.490 e. The molecule has 21 heavy (non-hydrogen) atoms. The molecule has 1 heterocycles. The molecule has 0 bridgehead atoms. The Morgan fingerprint density at radius 1 is 1.29 bits per heavy atom. The molecule has 116 valence electrons. The third kappa shape index (κ3) is 4.77. The van der Waals surface area contributed by atoms with Crippen molar-refractivity contribution in [3.63, 3.8) is 0 Å². The zero-order valence-electron chi connectivity index (χ0n) is 11.9. The van der Waals surface area contributed by atoms with Crippen LogP contribution in [0.4, 0.5) is 14.5 Å². The molecule has 1 aromatic rings. The SMILES string of the molecule is CCNC(=NCC(F)F)Nc1ccc2c(c1)OCCCO2. The van der Waals surface area contributed by atoms with Gasteiger partial charge in [0.15, 0.2) is 17.5 Å². The Kier molecular flexibility index (Phi) is 5.59. The second-order valence-electron chi connectivity index (χ2n) is 4.45. The van der Waals surface area contributed by atoms with Crippen molar-refractivity contribution in [3.8, 4) is 11.5 Å². The molecule has 0 atom stereocenters. The number of benzene rings is 1. The molecule has 2 N–H and O–H groups in total. The minimum Gasteiger partial charge on any atom is -0.490 e. The summed E-state index contributed by atoms with van der Waals surface area (Å²) < 4.78 is 35.6. The van der Waals surface area contributed by atoms with Crippen LogP contribution in [-0.4, -0.2) is 38.7 Å². The number of halogens is 2. The zero-order valence-corrected chi connectivity index (χ0v) is 11.9. The lowest BCUT2D eigenvalue weighted by Gasteiger charge is -2.13. The van der Waals surface area contributed by atoms with Crippen molar-refractivity contribution in [2.24, 2.45) is 4.99 Å². The summed E-state index contributed by atoms with van der Waals surface area (Å²) in [5.74, 6) is 1.64. The number of anilines is 1. The lowest BCUT2D eigenvalue weighted by molar-refractivity contribution is 0.158. The average molecular weight is 299 g/mol. The van der Waals surface area contributed by atoms with Gasteiger partial charge in [0.2, 0.25) is 0 Å². The predicted molar refractivity (Wildman–Crippen MR) is 77.7 cm³/mol. The number of ether oxygens (including phenoxy) is 2. The fourth-order valence-electron chi connectivity index (χ4n) is 1.85. The van der Waals surface area contributed by atoms with E-state index in [2.05, 4.69) is 15.6 Å². The Labute approximate surface area is 122 Å². The maximum absolute atomic E-state index is 12.2. The van der Waals surface area contributed by atoms with E-state index < -0.39 is 13.0 Å². The highest BCUT2D eigenvalue weighted by Crippen LogP contribution is 2.32. The number of rotatable bonds is 4. The second-order valence-corrected chi connectivity index (χ2v) is 4.45. The van der Waals surface area contributed by atoms with E-state index in [1.165, 1.54) is 0 Å². The van der Waals surface area contributed by atoms with E-state index >= 15 is 0 Å². The lowest BCUT2D eigenvalue weighted by atomic mass is 10.3. The van der Waals surface area contributed by atoms with E-state index in [-0.39, 0.29) is 0 Å². The Bertz CT molecular complexity index is 495. The number of guanidine groups is 1. The van der Waals surface area contributed by atoms with Gasteiger partial charge in [-0.25, -0.2) is 13.8 Å². The molecule has 0 unspecified atom stereocenters. The zero-order chi connectivity index (χ0) is 15.1. The first-order valence-corrected chi connectivity index (χ1v) is 6.92. The summed E-state index contributed by atoms with van der Waals surface area (Å²) in [6.07, 6.45) is -1.64. The molecule has 0 radical (unpaired) electrons. The van der Waals surface area contributed by atoms with E-state index in [1.54, 1.807) is 18.2 Å². The topological polar surface area (TPSA) is 54.9 Å². The number of nitrogens with one attached hydrogen (secondary N) is 2. The van der Waals surface area contributed by atoms with Crippen molar-refractivity contribution < 1.29 is 18.3 Å². The van der Waals surface area contributed by atoms with Crippen LogP contribution >= 0.6 is 0 Å². The van der Waals surface area contributed by atoms with E-state index in [4.69, 9.17) is 9.47 Å². The van der Waals surface area contributed by atoms with E-state index in [9.17, 15) is 8.78 Å². The van der Waals surface area contributed by atoms with Gasteiger partial charge in [-0.1, -0.05) is 0 Å². The molecule has 1 aliphatic rings. The molecule has 5 nitrogen and oxygen atoms in total. The van der Waals surface area contributed by atoms with Gasteiger partial charge >= 0.3 is 0 Å². The van der Waals surface area contributed by atoms with Gasteiger partial charge in [0, 0.05) is 24.7 Å². The number of aliphatic imine (C=N–C) groups is 1. The Morgan fingerprint density at radius 3 is 2.76 bits per heavy atom. The first-order valence-electron chi connectivity index (χ1n) is 6.92. The van der Waals surface area contributed by atoms with Gasteiger partial charge in [0.1, 0.15) is 6.54 Å². The van der Waals surface area contributed by atoms with Crippen molar-refractivity contribution >= 4 is 11.6 Å². The van der Waals surface area contributed by atoms with E-state index in [0.717, 1.165) is 6.42 Å². The fourth-order valence-corrected chi connectivity index (χ4v) is 1.85. The third-order valence-corrected chi connectivity index (χ3v) is 2.74. The number of hydrogen-bond donors (Lipinski definition) is 2. The number of hydrogen-bond acceptors (Lipinski definition) is 3. The second kappa shape index (κ2) is 7.66. The van der Waals surface area contributed by atoms with E-state index in [1.807, 2.05) is 6.92 Å². The Hall–Kier alpha value is -2.05. The average Bonchev–Trinajstić information content (AvgIpc) is 2.69. The minimum absolute atomic E-state index is 0.312. The maximum atomic E-state index is 12.2. The van der Waals surface area contributed by atoms with Gasteiger partial charge in [-0.3, -0.25) is 0 Å². The van der Waals surface area contributed by atoms with Crippen molar-refractivity contribution in [1.29, 1.82) is 0 Å². The summed E-state index contributed by atoms with van der Waals surface area (Å²) in [5, 5.41) is 5.89. The van der Waals surface area contributed by atoms with Crippen LogP contribution in [0, 0.1) is 0 Å². The molecule has 0 saturated carbocycles. The van der Waals surface area contributed by atoms with Crippen LogP contribution in [0.1, 0.15) is 13.3 Å². The van der Waals surface area contributed by atoms with Crippen molar-refractivity contribution in [2.45, 2.75) is 19.8 Å². The number of alkyl halides is 2. The van der Waals surface area contributed by atoms with Gasteiger partial charge in [-0.05, 0) is 19.1 Å². The molecular weight excluding hydrogens is 280 g/mol. The Morgan fingerprint density at radius 2 is 2.05 bits per heavy atom. The molecule has 0 saturated heterocycles. The van der Waals surface area contributed by atoms with Gasteiger partial charge < -0.3 is 20.1 Å². The van der Waals surface area contributed by atoms with Gasteiger partial charge in [0.05, 0.1) is 13.2 Å². The molecule has 0 spiro atoms. The summed E-state index contributed by atoms with van der Waals surface area (Å²) in [7, 11) is 0. The summed E-state index contributed by atoms with van der Waals surface area (Å²) in [6.45, 7) is 3.13. The molecule has 1 aromatic carbocycles. The third-order valence-electron chi connectivity index (χ3n) is 2.74. The highest BCUT2D eigenvalue weighted by molar-refractivity contribution is 5.93. The number of fused-ring (bicyclic) bond motifs is 1. The van der Waals surface area contributed by atoms with Gasteiger partial charge in [-0.15, -0.1) is 0 Å². The van der Waals surface area contributed by atoms with Crippen molar-refractivity contribution in [3.05, 3.63) is 18.2 Å². The molecular formula is C14H19F2N3O2. The van der Waals surface area contributed by atoms with Gasteiger partial charge in [-0.2, -0.15) is 0 Å². The van der Waals surface area contributed by atoms with Crippen LogP contribution in [0.2, 0.25) is 0 Å². The van der Waals surface area contributed by atoms with Crippen molar-refractivity contribution in [1.82, 2.24) is 5.32 Å². The first-order chi connectivity index (χ1) is 10.2. The van der Waals surface area contributed by atoms with Crippen LogP contribution in [0.5, 0.6) is 11.5 Å². The van der Waals surface area contributed by atoms with Crippen molar-refractivity contribution in [2.75, 3.05) is 31.6 Å². The smallest absolute Gasteiger partial charge is 0.257 e. The molecule has 7 heteroatoms. The predicted octanol–water partition coefficient (Wildman–Crippen LogP) is 2.49. The summed E-state index contributed by atoms with van der Waals surface area (Å²) in [6, 6.07) is 5.36. The van der Waals surface area contributed by atoms with Crippen LogP contribution in [0.3, 0.4) is 0 Å². The fraction of sp³-hybridized carbons (Fsp3) is 0.500. The van der Waals surface area contributed by atoms with E-state index in [0.29, 0.717) is 42.9 Å². The first kappa shape index (κ1) is 15.3. The summed E-state index contributed by atoms with van der Waals surface area (Å²) in [4.78, 5) is 3.81. The highest BCUT2D eigenvalue weighted by Gasteiger charge is 2.11. The Balaban J connectivity index is 2.09. The monoisotopic (exact) mass is 299 g/mol. The molecule has 0 aromatic heterocycles. The normalized spacial score (nSPS) is 14.8. The lowest BCUT2D eigenvalue weighted by Crippen LogP contribution is -2.31. The minimum atomic E-state index is -2.47. The summed E-state index contributed by atoms with van der Waals surface area (Å²) in [5.41, 5.74) is 0.702. The summed E-state index contributed by atoms with van der Waals surface area (Å²) >= 11 is 0. The van der Waals surface area contributed by atoms with Crippen LogP contribution in [0.25, 0.3) is 0 Å². The molecule has 0 aliphatic carbocycles. The maximum Gasteiger partial charge on any atom is 0.257 e. The van der Waals surface area contributed by atoms with Crippen LogP contribution in [-0.2, 0) is 0 Å². The standard InChI is InChI=1S/C14H19F2N3O2/c1-2-17-14(18-9-13(15)16)19-10-4-5-11-12(8-10)21-7-3-6-20-11/h4-5,8,13H,2-3,6-7,9H2,1H3,(H2,17,18,19). The molecule has 0 amide bonds. The van der Waals surface area contributed by atoms with Gasteiger partial charge in [0.25, 0.3) is 6.43 Å². The number of nitrogens with zero attached hydrogens (tertiary/aromatic N) is 1. The van der Waals surface area contributed by atoms with Crippen LogP contribution < -0.4 is 20.1 Å². The molecule has 2 rings (SSSR count). The quantitative estimate of drug-likeness (QED) is 0.662. The molecule has 1 aliphatic heterocycles.